The van der Waals surface area contributed by atoms with Crippen LogP contribution in [-0.2, 0) is 22.4 Å². The summed E-state index contributed by atoms with van der Waals surface area (Å²) < 4.78 is 10.9. The SMILES string of the molecule is Cc1ccccc1N1C(=O)NC(=O)C(CCc2ccncc2)(Cc2ccc3c(c2)OCO3)C1=O. The molecule has 1 fully saturated rings. The molecular weight excluding hydrogens is 434 g/mol. The number of carbonyl (C=O) groups is 3. The van der Waals surface area contributed by atoms with E-state index in [1.807, 2.05) is 37.3 Å². The molecule has 2 aromatic carbocycles. The molecule has 172 valence electrons. The average molecular weight is 457 g/mol. The summed E-state index contributed by atoms with van der Waals surface area (Å²) in [5, 5.41) is 2.44. The number of carbonyl (C=O) groups excluding carboxylic acids is 3. The molecule has 0 saturated carbocycles. The molecule has 8 nitrogen and oxygen atoms in total. The van der Waals surface area contributed by atoms with Gasteiger partial charge in [0.05, 0.1) is 5.69 Å². The van der Waals surface area contributed by atoms with E-state index in [4.69, 9.17) is 9.47 Å². The molecule has 8 heteroatoms. The summed E-state index contributed by atoms with van der Waals surface area (Å²) in [7, 11) is 0. The van der Waals surface area contributed by atoms with Gasteiger partial charge in [0.2, 0.25) is 12.7 Å². The van der Waals surface area contributed by atoms with Gasteiger partial charge in [-0.25, -0.2) is 9.69 Å². The molecule has 1 N–H and O–H groups in total. The highest BCUT2D eigenvalue weighted by Gasteiger charge is 2.54. The van der Waals surface area contributed by atoms with Crippen molar-refractivity contribution in [2.45, 2.75) is 26.2 Å². The van der Waals surface area contributed by atoms with Gasteiger partial charge in [-0.1, -0.05) is 24.3 Å². The third-order valence-electron chi connectivity index (χ3n) is 6.36. The fourth-order valence-corrected chi connectivity index (χ4v) is 4.48. The lowest BCUT2D eigenvalue weighted by atomic mass is 9.73. The van der Waals surface area contributed by atoms with Gasteiger partial charge in [-0.2, -0.15) is 0 Å². The van der Waals surface area contributed by atoms with Crippen LogP contribution in [0.4, 0.5) is 10.5 Å². The second kappa shape index (κ2) is 8.62. The van der Waals surface area contributed by atoms with Gasteiger partial charge in [-0.05, 0) is 73.2 Å². The second-order valence-electron chi connectivity index (χ2n) is 8.49. The van der Waals surface area contributed by atoms with E-state index in [1.165, 1.54) is 0 Å². The highest BCUT2D eigenvalue weighted by Crippen LogP contribution is 2.40. The van der Waals surface area contributed by atoms with Gasteiger partial charge in [0.15, 0.2) is 11.5 Å². The Kier molecular flexibility index (Phi) is 5.49. The number of aryl methyl sites for hydroxylation is 2. The molecule has 4 amide bonds. The smallest absolute Gasteiger partial charge is 0.335 e. The van der Waals surface area contributed by atoms with Gasteiger partial charge in [0, 0.05) is 12.4 Å². The van der Waals surface area contributed by atoms with Crippen molar-refractivity contribution in [1.82, 2.24) is 10.3 Å². The van der Waals surface area contributed by atoms with Gasteiger partial charge in [-0.15, -0.1) is 0 Å². The van der Waals surface area contributed by atoms with Crippen molar-refractivity contribution >= 4 is 23.5 Å². The van der Waals surface area contributed by atoms with Crippen molar-refractivity contribution in [2.75, 3.05) is 11.7 Å². The number of hydrogen-bond donors (Lipinski definition) is 1. The van der Waals surface area contributed by atoms with Crippen molar-refractivity contribution in [3.8, 4) is 11.5 Å². The number of pyridine rings is 1. The molecule has 34 heavy (non-hydrogen) atoms. The predicted octanol–water partition coefficient (Wildman–Crippen LogP) is 3.56. The molecule has 3 aromatic rings. The maximum atomic E-state index is 14.1. The first-order valence-electron chi connectivity index (χ1n) is 11.0. The molecule has 1 atom stereocenters. The lowest BCUT2D eigenvalue weighted by molar-refractivity contribution is -0.143. The molecule has 1 unspecified atom stereocenters. The number of para-hydroxylation sites is 1. The van der Waals surface area contributed by atoms with Gasteiger partial charge in [0.1, 0.15) is 5.41 Å². The average Bonchev–Trinajstić information content (AvgIpc) is 3.31. The fourth-order valence-electron chi connectivity index (χ4n) is 4.48. The largest absolute Gasteiger partial charge is 0.454 e. The quantitative estimate of drug-likeness (QED) is 0.569. The summed E-state index contributed by atoms with van der Waals surface area (Å²) >= 11 is 0. The number of imide groups is 2. The van der Waals surface area contributed by atoms with Crippen LogP contribution in [0.25, 0.3) is 0 Å². The van der Waals surface area contributed by atoms with E-state index in [0.29, 0.717) is 23.6 Å². The lowest BCUT2D eigenvalue weighted by Gasteiger charge is -2.40. The van der Waals surface area contributed by atoms with E-state index in [1.54, 1.807) is 36.7 Å². The van der Waals surface area contributed by atoms with E-state index in [-0.39, 0.29) is 19.6 Å². The van der Waals surface area contributed by atoms with Crippen LogP contribution in [0.1, 0.15) is 23.1 Å². The van der Waals surface area contributed by atoms with Crippen molar-refractivity contribution < 1.29 is 23.9 Å². The predicted molar refractivity (Wildman–Crippen MR) is 123 cm³/mol. The molecule has 1 aromatic heterocycles. The first kappa shape index (κ1) is 21.6. The first-order chi connectivity index (χ1) is 16.5. The molecular formula is C26H23N3O5. The van der Waals surface area contributed by atoms with E-state index in [2.05, 4.69) is 10.3 Å². The molecule has 5 rings (SSSR count). The van der Waals surface area contributed by atoms with Crippen LogP contribution < -0.4 is 19.7 Å². The number of hydrogen-bond acceptors (Lipinski definition) is 6. The number of urea groups is 1. The monoisotopic (exact) mass is 457 g/mol. The Balaban J connectivity index is 1.56. The Labute approximate surface area is 196 Å². The highest BCUT2D eigenvalue weighted by molar-refractivity contribution is 6.30. The lowest BCUT2D eigenvalue weighted by Crippen LogP contribution is -2.65. The van der Waals surface area contributed by atoms with Crippen LogP contribution in [0.2, 0.25) is 0 Å². The Morgan fingerprint density at radius 1 is 0.971 bits per heavy atom. The molecule has 2 aliphatic rings. The number of anilines is 1. The summed E-state index contributed by atoms with van der Waals surface area (Å²) in [6, 6.07) is 15.4. The normalized spacial score (nSPS) is 19.3. The number of rotatable bonds is 6. The summed E-state index contributed by atoms with van der Waals surface area (Å²) in [4.78, 5) is 45.5. The molecule has 2 aliphatic heterocycles. The van der Waals surface area contributed by atoms with Gasteiger partial charge < -0.3 is 9.47 Å². The standard InChI is InChI=1S/C26H23N3O5/c1-17-4-2-3-5-20(17)29-24(31)26(23(30)28-25(29)32,11-8-18-9-12-27-13-10-18)15-19-6-7-21-22(14-19)34-16-33-21/h2-7,9-10,12-14H,8,11,15-16H2,1H3,(H,28,30,32). The van der Waals surface area contributed by atoms with Crippen LogP contribution >= 0.6 is 0 Å². The molecule has 3 heterocycles. The van der Waals surface area contributed by atoms with Gasteiger partial charge in [-0.3, -0.25) is 19.9 Å². The van der Waals surface area contributed by atoms with Gasteiger partial charge in [0.25, 0.3) is 5.91 Å². The zero-order valence-electron chi connectivity index (χ0n) is 18.6. The molecule has 0 radical (unpaired) electrons. The Morgan fingerprint density at radius 2 is 1.74 bits per heavy atom. The van der Waals surface area contributed by atoms with Gasteiger partial charge >= 0.3 is 6.03 Å². The van der Waals surface area contributed by atoms with Crippen LogP contribution in [0, 0.1) is 12.3 Å². The summed E-state index contributed by atoms with van der Waals surface area (Å²) in [6.07, 6.45) is 4.13. The number of fused-ring (bicyclic) bond motifs is 1. The minimum atomic E-state index is -1.49. The Bertz CT molecular complexity index is 1280. The van der Waals surface area contributed by atoms with E-state index in [0.717, 1.165) is 21.6 Å². The number of nitrogens with one attached hydrogen (secondary N) is 1. The number of barbiturate groups is 1. The Morgan fingerprint density at radius 3 is 2.53 bits per heavy atom. The fraction of sp³-hybridized carbons (Fsp3) is 0.231. The van der Waals surface area contributed by atoms with Crippen molar-refractivity contribution in [1.29, 1.82) is 0 Å². The minimum Gasteiger partial charge on any atom is -0.454 e. The summed E-state index contributed by atoms with van der Waals surface area (Å²) in [5.74, 6) is 0.0457. The first-order valence-corrected chi connectivity index (χ1v) is 11.0. The number of ether oxygens (including phenoxy) is 2. The molecule has 0 aliphatic carbocycles. The number of nitrogens with zero attached hydrogens (tertiary/aromatic N) is 2. The summed E-state index contributed by atoms with van der Waals surface area (Å²) in [5.41, 5.74) is 1.40. The molecule has 0 bridgehead atoms. The maximum Gasteiger partial charge on any atom is 0.335 e. The number of amides is 4. The molecule has 0 spiro atoms. The zero-order valence-corrected chi connectivity index (χ0v) is 18.6. The maximum absolute atomic E-state index is 14.1. The Hall–Kier alpha value is -4.20. The minimum absolute atomic E-state index is 0.106. The number of aromatic nitrogens is 1. The van der Waals surface area contributed by atoms with Crippen LogP contribution in [-0.4, -0.2) is 29.6 Å². The van der Waals surface area contributed by atoms with E-state index < -0.39 is 23.3 Å². The number of benzene rings is 2. The van der Waals surface area contributed by atoms with Crippen LogP contribution in [0.5, 0.6) is 11.5 Å². The highest BCUT2D eigenvalue weighted by atomic mass is 16.7. The molecule has 1 saturated heterocycles. The summed E-state index contributed by atoms with van der Waals surface area (Å²) in [6.45, 7) is 1.95. The van der Waals surface area contributed by atoms with E-state index >= 15 is 0 Å². The van der Waals surface area contributed by atoms with Crippen LogP contribution in [0.15, 0.2) is 67.0 Å². The topological polar surface area (TPSA) is 97.8 Å². The van der Waals surface area contributed by atoms with E-state index in [9.17, 15) is 14.4 Å². The zero-order chi connectivity index (χ0) is 23.7. The second-order valence-corrected chi connectivity index (χ2v) is 8.49. The third-order valence-corrected chi connectivity index (χ3v) is 6.36. The van der Waals surface area contributed by atoms with Crippen molar-refractivity contribution in [3.05, 3.63) is 83.7 Å². The third kappa shape index (κ3) is 3.77. The van der Waals surface area contributed by atoms with Crippen molar-refractivity contribution in [2.24, 2.45) is 5.41 Å². The van der Waals surface area contributed by atoms with Crippen molar-refractivity contribution in [3.63, 3.8) is 0 Å². The van der Waals surface area contributed by atoms with Crippen LogP contribution in [0.3, 0.4) is 0 Å².